The fourth-order valence-corrected chi connectivity index (χ4v) is 2.76. The number of esters is 1. The summed E-state index contributed by atoms with van der Waals surface area (Å²) in [5.74, 6) is -1.13. The highest BCUT2D eigenvalue weighted by atomic mass is 16.7. The third-order valence-corrected chi connectivity index (χ3v) is 4.44. The molecule has 168 valence electrons. The van der Waals surface area contributed by atoms with Gasteiger partial charge >= 0.3 is 5.97 Å². The summed E-state index contributed by atoms with van der Waals surface area (Å²) in [7, 11) is 2.95. The summed E-state index contributed by atoms with van der Waals surface area (Å²) >= 11 is 0. The lowest BCUT2D eigenvalue weighted by Gasteiger charge is -2.20. The van der Waals surface area contributed by atoms with E-state index in [0.717, 1.165) is 5.56 Å². The Morgan fingerprint density at radius 3 is 2.48 bits per heavy atom. The Hall–Kier alpha value is -3.14. The Kier molecular flexibility index (Phi) is 9.76. The summed E-state index contributed by atoms with van der Waals surface area (Å²) in [6.45, 7) is 0.373. The number of phenolic OH excluding ortho intramolecular Hbond substituents is 1. The zero-order valence-electron chi connectivity index (χ0n) is 17.6. The lowest BCUT2D eigenvalue weighted by atomic mass is 10.0. The number of nitrogens with two attached hydrogens (primary N) is 1. The Labute approximate surface area is 181 Å². The van der Waals surface area contributed by atoms with Crippen LogP contribution >= 0.6 is 0 Å². The van der Waals surface area contributed by atoms with Gasteiger partial charge in [-0.15, -0.1) is 0 Å². The highest BCUT2D eigenvalue weighted by molar-refractivity contribution is 5.88. The Morgan fingerprint density at radius 2 is 1.84 bits per heavy atom. The van der Waals surface area contributed by atoms with Crippen molar-refractivity contribution in [2.75, 3.05) is 34.2 Å². The van der Waals surface area contributed by atoms with Crippen molar-refractivity contribution in [3.63, 3.8) is 0 Å². The molecule has 2 atom stereocenters. The number of hydrogen-bond donors (Lipinski definition) is 3. The zero-order chi connectivity index (χ0) is 22.6. The molecule has 31 heavy (non-hydrogen) atoms. The minimum absolute atomic E-state index is 0.142. The second kappa shape index (κ2) is 12.5. The predicted octanol–water partition coefficient (Wildman–Crippen LogP) is 1.29. The van der Waals surface area contributed by atoms with Crippen LogP contribution in [0.3, 0.4) is 0 Å². The Morgan fingerprint density at radius 1 is 1.10 bits per heavy atom. The number of methoxy groups -OCH3 is 2. The van der Waals surface area contributed by atoms with E-state index in [1.807, 2.05) is 30.3 Å². The van der Waals surface area contributed by atoms with Gasteiger partial charge in [0.15, 0.2) is 18.3 Å². The lowest BCUT2D eigenvalue weighted by molar-refractivity contribution is -0.160. The molecule has 0 aliphatic heterocycles. The van der Waals surface area contributed by atoms with Crippen LogP contribution < -0.4 is 15.8 Å². The first-order chi connectivity index (χ1) is 15.0. The fourth-order valence-electron chi connectivity index (χ4n) is 2.76. The van der Waals surface area contributed by atoms with Crippen LogP contribution in [0.1, 0.15) is 17.2 Å². The van der Waals surface area contributed by atoms with Gasteiger partial charge in [0, 0.05) is 13.5 Å². The normalized spacial score (nSPS) is 12.6. The first-order valence-corrected chi connectivity index (χ1v) is 9.66. The first kappa shape index (κ1) is 24.1. The number of rotatable bonds is 12. The molecule has 0 radical (unpaired) electrons. The molecule has 9 nitrogen and oxygen atoms in total. The molecule has 0 aliphatic rings. The standard InChI is InChI=1S/C22H28N2O7/c1-28-10-11-30-14-31-22(27)17(12-15-6-4-3-5-7-15)24-21(26)20(23)16-8-9-19(29-2)18(25)13-16/h3-9,13,17,20,25H,10-12,14,23H2,1-2H3,(H,24,26)/t17-,20-/m1/s1. The zero-order valence-corrected chi connectivity index (χ0v) is 17.6. The van der Waals surface area contributed by atoms with E-state index in [0.29, 0.717) is 12.2 Å². The van der Waals surface area contributed by atoms with E-state index in [9.17, 15) is 14.7 Å². The second-order valence-electron chi connectivity index (χ2n) is 6.64. The summed E-state index contributed by atoms with van der Waals surface area (Å²) in [6.07, 6.45) is 0.212. The van der Waals surface area contributed by atoms with Crippen LogP contribution in [0, 0.1) is 0 Å². The number of carbonyl (C=O) groups is 2. The summed E-state index contributed by atoms with van der Waals surface area (Å²) in [5.41, 5.74) is 7.24. The average molecular weight is 432 g/mol. The van der Waals surface area contributed by atoms with Crippen molar-refractivity contribution in [2.24, 2.45) is 5.73 Å². The van der Waals surface area contributed by atoms with E-state index < -0.39 is 24.0 Å². The van der Waals surface area contributed by atoms with Crippen LogP contribution in [0.2, 0.25) is 0 Å². The monoisotopic (exact) mass is 432 g/mol. The van der Waals surface area contributed by atoms with Gasteiger partial charge in [-0.25, -0.2) is 4.79 Å². The number of hydrogen-bond acceptors (Lipinski definition) is 8. The number of amides is 1. The van der Waals surface area contributed by atoms with Gasteiger partial charge in [0.05, 0.1) is 20.3 Å². The minimum atomic E-state index is -1.11. The molecule has 2 aromatic carbocycles. The first-order valence-electron chi connectivity index (χ1n) is 9.66. The molecule has 0 unspecified atom stereocenters. The molecule has 2 rings (SSSR count). The van der Waals surface area contributed by atoms with Crippen molar-refractivity contribution >= 4 is 11.9 Å². The number of nitrogens with one attached hydrogen (secondary N) is 1. The molecule has 0 fully saturated rings. The highest BCUT2D eigenvalue weighted by Gasteiger charge is 2.26. The van der Waals surface area contributed by atoms with E-state index in [-0.39, 0.29) is 31.3 Å². The summed E-state index contributed by atoms with van der Waals surface area (Å²) < 4.78 is 20.1. The summed E-state index contributed by atoms with van der Waals surface area (Å²) in [6, 6.07) is 11.5. The smallest absolute Gasteiger partial charge is 0.331 e. The van der Waals surface area contributed by atoms with Gasteiger partial charge in [-0.2, -0.15) is 0 Å². The number of aromatic hydroxyl groups is 1. The van der Waals surface area contributed by atoms with Gasteiger partial charge in [0.25, 0.3) is 0 Å². The number of benzene rings is 2. The fraction of sp³-hybridized carbons (Fsp3) is 0.364. The molecule has 4 N–H and O–H groups in total. The maximum absolute atomic E-state index is 12.7. The third kappa shape index (κ3) is 7.56. The topological polar surface area (TPSA) is 129 Å². The van der Waals surface area contributed by atoms with Crippen molar-refractivity contribution in [3.8, 4) is 11.5 Å². The van der Waals surface area contributed by atoms with Gasteiger partial charge in [0.2, 0.25) is 5.91 Å². The van der Waals surface area contributed by atoms with E-state index >= 15 is 0 Å². The predicted molar refractivity (Wildman–Crippen MR) is 112 cm³/mol. The third-order valence-electron chi connectivity index (χ3n) is 4.44. The van der Waals surface area contributed by atoms with Gasteiger partial charge < -0.3 is 35.1 Å². The van der Waals surface area contributed by atoms with E-state index in [1.165, 1.54) is 26.4 Å². The molecule has 0 heterocycles. The highest BCUT2D eigenvalue weighted by Crippen LogP contribution is 2.28. The Bertz CT molecular complexity index is 845. The Balaban J connectivity index is 2.06. The number of carbonyl (C=O) groups excluding carboxylic acids is 2. The van der Waals surface area contributed by atoms with E-state index in [2.05, 4.69) is 5.32 Å². The van der Waals surface area contributed by atoms with Crippen LogP contribution in [-0.2, 0) is 30.2 Å². The van der Waals surface area contributed by atoms with E-state index in [1.54, 1.807) is 6.07 Å². The maximum Gasteiger partial charge on any atom is 0.331 e. The molecule has 0 bridgehead atoms. The second-order valence-corrected chi connectivity index (χ2v) is 6.64. The maximum atomic E-state index is 12.7. The van der Waals surface area contributed by atoms with Gasteiger partial charge in [-0.1, -0.05) is 36.4 Å². The molecule has 2 aromatic rings. The largest absolute Gasteiger partial charge is 0.504 e. The van der Waals surface area contributed by atoms with Crippen LogP contribution in [0.15, 0.2) is 48.5 Å². The van der Waals surface area contributed by atoms with E-state index in [4.69, 9.17) is 24.7 Å². The molecule has 1 amide bonds. The van der Waals surface area contributed by atoms with Crippen LogP contribution in [0.5, 0.6) is 11.5 Å². The van der Waals surface area contributed by atoms with Crippen molar-refractivity contribution in [3.05, 3.63) is 59.7 Å². The SMILES string of the molecule is COCCOCOC(=O)[C@@H](Cc1ccccc1)NC(=O)[C@H](N)c1ccc(OC)c(O)c1. The number of phenols is 1. The summed E-state index contributed by atoms with van der Waals surface area (Å²) in [5, 5.41) is 12.6. The number of ether oxygens (including phenoxy) is 4. The molecule has 0 spiro atoms. The molecular weight excluding hydrogens is 404 g/mol. The van der Waals surface area contributed by atoms with Gasteiger partial charge in [-0.05, 0) is 23.3 Å². The van der Waals surface area contributed by atoms with Crippen molar-refractivity contribution < 1.29 is 33.6 Å². The van der Waals surface area contributed by atoms with Crippen molar-refractivity contribution in [1.29, 1.82) is 0 Å². The van der Waals surface area contributed by atoms with Crippen LogP contribution in [0.25, 0.3) is 0 Å². The average Bonchev–Trinajstić information content (AvgIpc) is 2.78. The lowest BCUT2D eigenvalue weighted by Crippen LogP contribution is -2.47. The van der Waals surface area contributed by atoms with Crippen molar-refractivity contribution in [1.82, 2.24) is 5.32 Å². The minimum Gasteiger partial charge on any atom is -0.504 e. The van der Waals surface area contributed by atoms with Gasteiger partial charge in [0.1, 0.15) is 12.1 Å². The molecule has 9 heteroatoms. The molecular formula is C22H28N2O7. The molecule has 0 saturated carbocycles. The quantitative estimate of drug-likeness (QED) is 0.260. The van der Waals surface area contributed by atoms with Gasteiger partial charge in [-0.3, -0.25) is 4.79 Å². The summed E-state index contributed by atoms with van der Waals surface area (Å²) in [4.78, 5) is 25.3. The molecule has 0 aromatic heterocycles. The molecule has 0 aliphatic carbocycles. The van der Waals surface area contributed by atoms with Crippen molar-refractivity contribution in [2.45, 2.75) is 18.5 Å². The van der Waals surface area contributed by atoms with Crippen LogP contribution in [-0.4, -0.2) is 57.3 Å². The molecule has 0 saturated heterocycles. The van der Waals surface area contributed by atoms with Crippen LogP contribution in [0.4, 0.5) is 0 Å².